The third kappa shape index (κ3) is 5.47. The minimum absolute atomic E-state index is 0.0158. The molecule has 0 fully saturated rings. The third-order valence-corrected chi connectivity index (χ3v) is 3.04. The van der Waals surface area contributed by atoms with Gasteiger partial charge < -0.3 is 5.73 Å². The van der Waals surface area contributed by atoms with Crippen LogP contribution in [0.3, 0.4) is 0 Å². The van der Waals surface area contributed by atoms with E-state index in [0.29, 0.717) is 24.4 Å². The molecule has 0 aromatic heterocycles. The Labute approximate surface area is 113 Å². The standard InChI is InChI=1S/C15H21F2NO/c1-10(2)5-12(9-18)7-13(19)6-11-3-4-14(16)15(17)8-11/h3-4,8,10,12H,5-7,9,18H2,1-2H3. The van der Waals surface area contributed by atoms with Gasteiger partial charge in [-0.05, 0) is 42.5 Å². The lowest BCUT2D eigenvalue weighted by molar-refractivity contribution is -0.119. The summed E-state index contributed by atoms with van der Waals surface area (Å²) in [7, 11) is 0. The molecule has 0 spiro atoms. The average Bonchev–Trinajstić information content (AvgIpc) is 2.32. The molecule has 1 aromatic carbocycles. The molecule has 2 N–H and O–H groups in total. The first kappa shape index (κ1) is 15.8. The van der Waals surface area contributed by atoms with Gasteiger partial charge in [0.15, 0.2) is 11.6 Å². The van der Waals surface area contributed by atoms with Crippen LogP contribution in [0, 0.1) is 23.5 Å². The maximum absolute atomic E-state index is 13.0. The van der Waals surface area contributed by atoms with Crippen molar-refractivity contribution in [2.24, 2.45) is 17.6 Å². The van der Waals surface area contributed by atoms with Crippen molar-refractivity contribution >= 4 is 5.78 Å². The third-order valence-electron chi connectivity index (χ3n) is 3.04. The SMILES string of the molecule is CC(C)CC(CN)CC(=O)Cc1ccc(F)c(F)c1. The number of Topliss-reactive ketones (excluding diaryl/α,β-unsaturated/α-hetero) is 1. The minimum atomic E-state index is -0.914. The molecule has 1 unspecified atom stereocenters. The van der Waals surface area contributed by atoms with Crippen LogP contribution in [0.5, 0.6) is 0 Å². The number of carbonyl (C=O) groups excluding carboxylic acids is 1. The fraction of sp³-hybridized carbons (Fsp3) is 0.533. The normalized spacial score (nSPS) is 12.7. The summed E-state index contributed by atoms with van der Waals surface area (Å²) in [6.07, 6.45) is 1.43. The molecule has 0 heterocycles. The lowest BCUT2D eigenvalue weighted by Crippen LogP contribution is -2.20. The summed E-state index contributed by atoms with van der Waals surface area (Å²) in [5, 5.41) is 0. The number of halogens is 2. The van der Waals surface area contributed by atoms with Crippen LogP contribution in [0.2, 0.25) is 0 Å². The van der Waals surface area contributed by atoms with E-state index in [1.165, 1.54) is 6.07 Å². The molecule has 1 atom stereocenters. The summed E-state index contributed by atoms with van der Waals surface area (Å²) in [4.78, 5) is 11.9. The summed E-state index contributed by atoms with van der Waals surface area (Å²) < 4.78 is 25.8. The van der Waals surface area contributed by atoms with E-state index in [1.807, 2.05) is 0 Å². The predicted octanol–water partition coefficient (Wildman–Crippen LogP) is 3.09. The Morgan fingerprint density at radius 1 is 1.26 bits per heavy atom. The quantitative estimate of drug-likeness (QED) is 0.826. The second-order valence-electron chi connectivity index (χ2n) is 5.40. The highest BCUT2D eigenvalue weighted by atomic mass is 19.2. The van der Waals surface area contributed by atoms with Crippen molar-refractivity contribution in [3.05, 3.63) is 35.4 Å². The maximum atomic E-state index is 13.0. The molecule has 4 heteroatoms. The first-order valence-corrected chi connectivity index (χ1v) is 6.58. The average molecular weight is 269 g/mol. The topological polar surface area (TPSA) is 43.1 Å². The Balaban J connectivity index is 2.56. The molecule has 0 bridgehead atoms. The first-order chi connectivity index (χ1) is 8.92. The molecule has 0 radical (unpaired) electrons. The van der Waals surface area contributed by atoms with Crippen LogP contribution in [0.25, 0.3) is 0 Å². The van der Waals surface area contributed by atoms with Gasteiger partial charge in [0.25, 0.3) is 0 Å². The summed E-state index contributed by atoms with van der Waals surface area (Å²) in [6, 6.07) is 3.57. The Bertz CT molecular complexity index is 432. The second-order valence-corrected chi connectivity index (χ2v) is 5.40. The number of hydrogen-bond acceptors (Lipinski definition) is 2. The summed E-state index contributed by atoms with van der Waals surface area (Å²) in [5.41, 5.74) is 6.15. The molecule has 19 heavy (non-hydrogen) atoms. The molecule has 0 aliphatic heterocycles. The number of carbonyl (C=O) groups is 1. The monoisotopic (exact) mass is 269 g/mol. The fourth-order valence-corrected chi connectivity index (χ4v) is 2.20. The second kappa shape index (κ2) is 7.34. The van der Waals surface area contributed by atoms with Crippen molar-refractivity contribution in [1.29, 1.82) is 0 Å². The predicted molar refractivity (Wildman–Crippen MR) is 71.7 cm³/mol. The summed E-state index contributed by atoms with van der Waals surface area (Å²) >= 11 is 0. The molecule has 1 rings (SSSR count). The highest BCUT2D eigenvalue weighted by Crippen LogP contribution is 2.16. The zero-order valence-electron chi connectivity index (χ0n) is 11.5. The van der Waals surface area contributed by atoms with Crippen molar-refractivity contribution in [3.63, 3.8) is 0 Å². The maximum Gasteiger partial charge on any atom is 0.159 e. The van der Waals surface area contributed by atoms with Crippen LogP contribution in [0.15, 0.2) is 18.2 Å². The fourth-order valence-electron chi connectivity index (χ4n) is 2.20. The van der Waals surface area contributed by atoms with E-state index in [0.717, 1.165) is 18.6 Å². The largest absolute Gasteiger partial charge is 0.330 e. The van der Waals surface area contributed by atoms with E-state index in [9.17, 15) is 13.6 Å². The smallest absolute Gasteiger partial charge is 0.159 e. The number of ketones is 1. The van der Waals surface area contributed by atoms with E-state index in [4.69, 9.17) is 5.73 Å². The van der Waals surface area contributed by atoms with E-state index >= 15 is 0 Å². The van der Waals surface area contributed by atoms with Gasteiger partial charge in [-0.15, -0.1) is 0 Å². The van der Waals surface area contributed by atoms with E-state index in [2.05, 4.69) is 13.8 Å². The van der Waals surface area contributed by atoms with Crippen molar-refractivity contribution in [2.45, 2.75) is 33.1 Å². The molecule has 2 nitrogen and oxygen atoms in total. The molecule has 0 aliphatic carbocycles. The molecule has 106 valence electrons. The van der Waals surface area contributed by atoms with Gasteiger partial charge in [0.1, 0.15) is 5.78 Å². The van der Waals surface area contributed by atoms with E-state index in [1.54, 1.807) is 0 Å². The highest BCUT2D eigenvalue weighted by molar-refractivity contribution is 5.81. The Morgan fingerprint density at radius 2 is 1.95 bits per heavy atom. The molecule has 1 aromatic rings. The van der Waals surface area contributed by atoms with Crippen LogP contribution < -0.4 is 5.73 Å². The van der Waals surface area contributed by atoms with Crippen LogP contribution in [-0.4, -0.2) is 12.3 Å². The number of rotatable bonds is 7. The molecular formula is C15H21F2NO. The van der Waals surface area contributed by atoms with Crippen LogP contribution in [0.4, 0.5) is 8.78 Å². The van der Waals surface area contributed by atoms with Gasteiger partial charge in [-0.1, -0.05) is 19.9 Å². The summed E-state index contributed by atoms with van der Waals surface area (Å²) in [6.45, 7) is 4.65. The lowest BCUT2D eigenvalue weighted by Gasteiger charge is -2.16. The van der Waals surface area contributed by atoms with Crippen LogP contribution in [-0.2, 0) is 11.2 Å². The minimum Gasteiger partial charge on any atom is -0.330 e. The van der Waals surface area contributed by atoms with Crippen LogP contribution >= 0.6 is 0 Å². The van der Waals surface area contributed by atoms with Gasteiger partial charge in [0, 0.05) is 12.8 Å². The van der Waals surface area contributed by atoms with Crippen molar-refractivity contribution in [1.82, 2.24) is 0 Å². The zero-order chi connectivity index (χ0) is 14.4. The van der Waals surface area contributed by atoms with Gasteiger partial charge in [0.2, 0.25) is 0 Å². The molecular weight excluding hydrogens is 248 g/mol. The first-order valence-electron chi connectivity index (χ1n) is 6.58. The van der Waals surface area contributed by atoms with Crippen molar-refractivity contribution < 1.29 is 13.6 Å². The van der Waals surface area contributed by atoms with Gasteiger partial charge in [-0.2, -0.15) is 0 Å². The van der Waals surface area contributed by atoms with Gasteiger partial charge in [-0.25, -0.2) is 8.78 Å². The molecule has 0 saturated heterocycles. The molecule has 0 amide bonds. The Hall–Kier alpha value is -1.29. The van der Waals surface area contributed by atoms with E-state index < -0.39 is 11.6 Å². The molecule has 0 saturated carbocycles. The zero-order valence-corrected chi connectivity index (χ0v) is 11.5. The van der Waals surface area contributed by atoms with Crippen LogP contribution in [0.1, 0.15) is 32.3 Å². The lowest BCUT2D eigenvalue weighted by atomic mass is 9.91. The molecule has 0 aliphatic rings. The van der Waals surface area contributed by atoms with Gasteiger partial charge >= 0.3 is 0 Å². The summed E-state index contributed by atoms with van der Waals surface area (Å²) in [5.74, 6) is -1.14. The van der Waals surface area contributed by atoms with E-state index in [-0.39, 0.29) is 18.1 Å². The Morgan fingerprint density at radius 3 is 2.47 bits per heavy atom. The van der Waals surface area contributed by atoms with Crippen molar-refractivity contribution in [3.8, 4) is 0 Å². The van der Waals surface area contributed by atoms with Gasteiger partial charge in [0.05, 0.1) is 0 Å². The number of nitrogens with two attached hydrogens (primary N) is 1. The number of hydrogen-bond donors (Lipinski definition) is 1. The highest BCUT2D eigenvalue weighted by Gasteiger charge is 2.15. The van der Waals surface area contributed by atoms with Gasteiger partial charge in [-0.3, -0.25) is 4.79 Å². The number of benzene rings is 1. The van der Waals surface area contributed by atoms with Crippen molar-refractivity contribution in [2.75, 3.05) is 6.54 Å². The Kier molecular flexibility index (Phi) is 6.09.